The Morgan fingerprint density at radius 1 is 0.710 bits per heavy atom. The van der Waals surface area contributed by atoms with Crippen molar-refractivity contribution in [2.75, 3.05) is 0 Å². The zero-order chi connectivity index (χ0) is 23.4. The minimum Gasteiger partial charge on any atom is -0.480 e. The van der Waals surface area contributed by atoms with Gasteiger partial charge in [0, 0.05) is 18.3 Å². The molecule has 0 aromatic heterocycles. The van der Waals surface area contributed by atoms with Crippen molar-refractivity contribution in [3.05, 3.63) is 0 Å². The lowest BCUT2D eigenvalue weighted by Crippen LogP contribution is -2.46. The first kappa shape index (κ1) is 30.1. The number of Topliss-reactive ketones (excluding diaryl/α,β-unsaturated/α-hetero) is 1. The van der Waals surface area contributed by atoms with E-state index < -0.39 is 17.4 Å². The van der Waals surface area contributed by atoms with Crippen molar-refractivity contribution in [2.45, 2.75) is 155 Å². The zero-order valence-corrected chi connectivity index (χ0v) is 21.1. The highest BCUT2D eigenvalue weighted by molar-refractivity contribution is 5.81. The number of nitrogens with two attached hydrogens (primary N) is 1. The summed E-state index contributed by atoms with van der Waals surface area (Å²) in [6, 6.07) is -0.968. The molecule has 0 fully saturated rings. The van der Waals surface area contributed by atoms with Crippen molar-refractivity contribution < 1.29 is 14.7 Å². The highest BCUT2D eigenvalue weighted by Gasteiger charge is 2.37. The van der Waals surface area contributed by atoms with Gasteiger partial charge in [-0.25, -0.2) is 0 Å². The van der Waals surface area contributed by atoms with Gasteiger partial charge in [-0.3, -0.25) is 9.59 Å². The molecule has 0 aliphatic carbocycles. The third kappa shape index (κ3) is 16.4. The number of unbranched alkanes of at least 4 members (excludes halogenated alkanes) is 15. The van der Waals surface area contributed by atoms with Gasteiger partial charge in [0.25, 0.3) is 0 Å². The molecule has 31 heavy (non-hydrogen) atoms. The number of rotatable bonds is 23. The Balaban J connectivity index is 4.16. The third-order valence-electron chi connectivity index (χ3n) is 6.78. The van der Waals surface area contributed by atoms with Crippen LogP contribution >= 0.6 is 0 Å². The predicted molar refractivity (Wildman–Crippen MR) is 132 cm³/mol. The first-order valence-electron chi connectivity index (χ1n) is 13.4. The van der Waals surface area contributed by atoms with E-state index in [-0.39, 0.29) is 5.78 Å². The molecule has 0 rings (SSSR count). The van der Waals surface area contributed by atoms with Crippen molar-refractivity contribution >= 4 is 11.8 Å². The van der Waals surface area contributed by atoms with E-state index in [0.717, 1.165) is 32.1 Å². The molecule has 0 heterocycles. The molecule has 0 bridgehead atoms. The lowest BCUT2D eigenvalue weighted by molar-refractivity contribution is -0.142. The van der Waals surface area contributed by atoms with E-state index in [0.29, 0.717) is 12.8 Å². The van der Waals surface area contributed by atoms with Gasteiger partial charge in [-0.15, -0.1) is 0 Å². The molecule has 0 aromatic carbocycles. The molecule has 4 nitrogen and oxygen atoms in total. The molecule has 0 saturated carbocycles. The quantitative estimate of drug-likeness (QED) is 0.159. The topological polar surface area (TPSA) is 80.4 Å². The zero-order valence-electron chi connectivity index (χ0n) is 21.1. The Morgan fingerprint density at radius 3 is 1.52 bits per heavy atom. The Hall–Kier alpha value is -0.900. The summed E-state index contributed by atoms with van der Waals surface area (Å²) in [5, 5.41) is 9.47. The van der Waals surface area contributed by atoms with Gasteiger partial charge < -0.3 is 10.8 Å². The number of aliphatic carboxylic acids is 1. The maximum absolute atomic E-state index is 12.6. The molecule has 0 aliphatic rings. The van der Waals surface area contributed by atoms with Crippen molar-refractivity contribution in [1.82, 2.24) is 0 Å². The molecule has 0 saturated heterocycles. The monoisotopic (exact) mass is 439 g/mol. The predicted octanol–water partition coefficient (Wildman–Crippen LogP) is 7.82. The second-order valence-electron chi connectivity index (χ2n) is 9.99. The van der Waals surface area contributed by atoms with Gasteiger partial charge in [0.05, 0.1) is 0 Å². The van der Waals surface area contributed by atoms with Gasteiger partial charge in [0.1, 0.15) is 11.8 Å². The number of carbonyl (C=O) groups excluding carboxylic acids is 1. The van der Waals surface area contributed by atoms with Crippen LogP contribution in [0.25, 0.3) is 0 Å². The maximum Gasteiger partial charge on any atom is 0.321 e. The fourth-order valence-electron chi connectivity index (χ4n) is 4.49. The Bertz CT molecular complexity index is 452. The second kappa shape index (κ2) is 19.8. The highest BCUT2D eigenvalue weighted by Crippen LogP contribution is 2.33. The molecule has 0 spiro atoms. The molecule has 184 valence electrons. The summed E-state index contributed by atoms with van der Waals surface area (Å²) in [7, 11) is 0. The van der Waals surface area contributed by atoms with Crippen LogP contribution in [0.4, 0.5) is 0 Å². The SMILES string of the molecule is CCCCCCCCCCCC(=O)CC(C)(CCCCCCCCCC)[C@H](N)C(=O)O. The van der Waals surface area contributed by atoms with Crippen molar-refractivity contribution in [3.63, 3.8) is 0 Å². The number of carboxylic acids is 1. The van der Waals surface area contributed by atoms with Gasteiger partial charge in [0.2, 0.25) is 0 Å². The van der Waals surface area contributed by atoms with Crippen LogP contribution in [0.15, 0.2) is 0 Å². The van der Waals surface area contributed by atoms with Crippen LogP contribution in [0.5, 0.6) is 0 Å². The van der Waals surface area contributed by atoms with Crippen LogP contribution in [0, 0.1) is 5.41 Å². The number of carbonyl (C=O) groups is 2. The Morgan fingerprint density at radius 2 is 1.10 bits per heavy atom. The first-order valence-corrected chi connectivity index (χ1v) is 13.4. The van der Waals surface area contributed by atoms with Crippen LogP contribution in [-0.2, 0) is 9.59 Å². The van der Waals surface area contributed by atoms with Crippen LogP contribution in [-0.4, -0.2) is 22.9 Å². The minimum atomic E-state index is -0.988. The molecule has 1 unspecified atom stereocenters. The van der Waals surface area contributed by atoms with Gasteiger partial charge in [0.15, 0.2) is 0 Å². The summed E-state index contributed by atoms with van der Waals surface area (Å²) < 4.78 is 0. The molecule has 0 aliphatic heterocycles. The van der Waals surface area contributed by atoms with Crippen LogP contribution in [0.3, 0.4) is 0 Å². The average molecular weight is 440 g/mol. The average Bonchev–Trinajstić information content (AvgIpc) is 2.73. The van der Waals surface area contributed by atoms with E-state index in [1.54, 1.807) is 0 Å². The molecule has 3 N–H and O–H groups in total. The molecule has 4 heteroatoms. The van der Waals surface area contributed by atoms with Gasteiger partial charge in [-0.05, 0) is 12.8 Å². The largest absolute Gasteiger partial charge is 0.480 e. The normalized spacial score (nSPS) is 14.3. The lowest BCUT2D eigenvalue weighted by atomic mass is 9.73. The van der Waals surface area contributed by atoms with Crippen molar-refractivity contribution in [3.8, 4) is 0 Å². The van der Waals surface area contributed by atoms with Crippen molar-refractivity contribution in [1.29, 1.82) is 0 Å². The first-order chi connectivity index (χ1) is 14.9. The van der Waals surface area contributed by atoms with E-state index in [4.69, 9.17) is 5.73 Å². The van der Waals surface area contributed by atoms with E-state index in [1.807, 2.05) is 6.92 Å². The molecule has 0 aromatic rings. The summed E-state index contributed by atoms with van der Waals surface area (Å²) in [4.78, 5) is 24.1. The lowest BCUT2D eigenvalue weighted by Gasteiger charge is -2.32. The molecule has 0 amide bonds. The Kier molecular flexibility index (Phi) is 19.2. The summed E-state index contributed by atoms with van der Waals surface area (Å²) in [6.45, 7) is 6.37. The fraction of sp³-hybridized carbons (Fsp3) is 0.926. The maximum atomic E-state index is 12.6. The van der Waals surface area contributed by atoms with Crippen LogP contribution < -0.4 is 5.73 Å². The van der Waals surface area contributed by atoms with Gasteiger partial charge in [-0.2, -0.15) is 0 Å². The highest BCUT2D eigenvalue weighted by atomic mass is 16.4. The Labute approximate surface area is 193 Å². The van der Waals surface area contributed by atoms with E-state index >= 15 is 0 Å². The second-order valence-corrected chi connectivity index (χ2v) is 9.99. The van der Waals surface area contributed by atoms with E-state index in [1.165, 1.54) is 83.5 Å². The summed E-state index contributed by atoms with van der Waals surface area (Å²) in [5.74, 6) is -0.806. The molecular formula is C27H53NO3. The smallest absolute Gasteiger partial charge is 0.321 e. The molecule has 2 atom stereocenters. The van der Waals surface area contributed by atoms with Gasteiger partial charge >= 0.3 is 5.97 Å². The minimum absolute atomic E-state index is 0.182. The standard InChI is InChI=1S/C27H53NO3/c1-4-6-8-10-12-14-15-17-19-21-24(29)23-27(3,25(28)26(30)31)22-20-18-16-13-11-9-7-5-2/h25H,4-23,28H2,1-3H3,(H,30,31)/t25-,27?/m1/s1. The number of hydrogen-bond donors (Lipinski definition) is 2. The third-order valence-corrected chi connectivity index (χ3v) is 6.78. The summed E-state index contributed by atoms with van der Waals surface area (Å²) in [6.07, 6.45) is 22.3. The fourth-order valence-corrected chi connectivity index (χ4v) is 4.49. The summed E-state index contributed by atoms with van der Waals surface area (Å²) >= 11 is 0. The number of carboxylic acid groups (broad SMARTS) is 1. The molecular weight excluding hydrogens is 386 g/mol. The molecule has 0 radical (unpaired) electrons. The van der Waals surface area contributed by atoms with Crippen molar-refractivity contribution in [2.24, 2.45) is 11.1 Å². The van der Waals surface area contributed by atoms with E-state index in [9.17, 15) is 14.7 Å². The van der Waals surface area contributed by atoms with Crippen LogP contribution in [0.2, 0.25) is 0 Å². The van der Waals surface area contributed by atoms with Crippen LogP contribution in [0.1, 0.15) is 149 Å². The van der Waals surface area contributed by atoms with E-state index in [2.05, 4.69) is 13.8 Å². The number of ketones is 1. The van der Waals surface area contributed by atoms with Gasteiger partial charge in [-0.1, -0.05) is 124 Å². The number of hydrogen-bond acceptors (Lipinski definition) is 3. The summed E-state index contributed by atoms with van der Waals surface area (Å²) in [5.41, 5.74) is 5.40.